The first-order valence-electron chi connectivity index (χ1n) is 9.26. The number of carbonyl (C=O) groups is 2. The molecule has 0 atom stereocenters. The minimum atomic E-state index is -0.406. The minimum absolute atomic E-state index is 0.0619. The summed E-state index contributed by atoms with van der Waals surface area (Å²) in [5.74, 6) is 0.281. The number of carbonyl (C=O) groups excluding carboxylic acids is 2. The van der Waals surface area contributed by atoms with Crippen LogP contribution < -0.4 is 5.32 Å². The van der Waals surface area contributed by atoms with Crippen molar-refractivity contribution in [1.82, 2.24) is 30.4 Å². The van der Waals surface area contributed by atoms with Gasteiger partial charge in [0.15, 0.2) is 5.82 Å². The summed E-state index contributed by atoms with van der Waals surface area (Å²) < 4.78 is 6.73. The highest BCUT2D eigenvalue weighted by molar-refractivity contribution is 6.18. The molecule has 1 fully saturated rings. The zero-order valence-corrected chi connectivity index (χ0v) is 15.9. The van der Waals surface area contributed by atoms with Crippen molar-refractivity contribution in [2.24, 2.45) is 0 Å². The number of furan rings is 1. The molecule has 0 aliphatic heterocycles. The van der Waals surface area contributed by atoms with E-state index in [1.807, 2.05) is 30.3 Å². The lowest BCUT2D eigenvalue weighted by Gasteiger charge is -2.19. The molecule has 0 radical (unpaired) electrons. The molecule has 9 heteroatoms. The summed E-state index contributed by atoms with van der Waals surface area (Å²) in [6.07, 6.45) is 5.04. The van der Waals surface area contributed by atoms with Crippen LogP contribution in [0.15, 0.2) is 53.1 Å². The molecule has 1 aliphatic rings. The molecular weight excluding hydrogens is 372 g/mol. The van der Waals surface area contributed by atoms with E-state index in [0.717, 1.165) is 18.4 Å². The highest BCUT2D eigenvalue weighted by atomic mass is 16.3. The van der Waals surface area contributed by atoms with Gasteiger partial charge in [0, 0.05) is 24.7 Å². The molecule has 0 bridgehead atoms. The Morgan fingerprint density at radius 2 is 2.03 bits per heavy atom. The van der Waals surface area contributed by atoms with Crippen molar-refractivity contribution in [2.75, 3.05) is 13.6 Å². The smallest absolute Gasteiger partial charge is 0.273 e. The Morgan fingerprint density at radius 1 is 1.24 bits per heavy atom. The lowest BCUT2D eigenvalue weighted by Crippen LogP contribution is -2.40. The summed E-state index contributed by atoms with van der Waals surface area (Å²) in [6, 6.07) is 13.0. The number of hydrogen-bond donors (Lipinski definition) is 1. The van der Waals surface area contributed by atoms with Crippen molar-refractivity contribution in [3.8, 4) is 11.4 Å². The molecule has 0 spiro atoms. The third-order valence-corrected chi connectivity index (χ3v) is 4.44. The van der Waals surface area contributed by atoms with Crippen molar-refractivity contribution in [1.29, 1.82) is 0 Å². The highest BCUT2D eigenvalue weighted by Crippen LogP contribution is 2.22. The largest absolute Gasteiger partial charge is 0.465 e. The van der Waals surface area contributed by atoms with E-state index in [1.165, 1.54) is 15.8 Å². The maximum atomic E-state index is 13.2. The van der Waals surface area contributed by atoms with Crippen LogP contribution >= 0.6 is 0 Å². The topological polar surface area (TPSA) is 106 Å². The zero-order valence-electron chi connectivity index (χ0n) is 15.9. The van der Waals surface area contributed by atoms with E-state index in [0.29, 0.717) is 11.6 Å². The lowest BCUT2D eigenvalue weighted by atomic mass is 10.2. The lowest BCUT2D eigenvalue weighted by molar-refractivity contribution is -0.130. The van der Waals surface area contributed by atoms with Gasteiger partial charge in [-0.25, -0.2) is 0 Å². The van der Waals surface area contributed by atoms with Gasteiger partial charge >= 0.3 is 0 Å². The van der Waals surface area contributed by atoms with E-state index < -0.39 is 5.91 Å². The Hall–Kier alpha value is -3.75. The van der Waals surface area contributed by atoms with E-state index in [2.05, 4.69) is 20.8 Å². The standard InChI is InChI=1S/C20H20N6O3/c1-25(13-18(27)21-15-9-10-15)20(28)17(12-16-8-5-11-29-16)26-19(22-23-24-26)14-6-3-2-4-7-14/h2-8,11-12,15H,9-10,13H2,1H3,(H,21,27)/b17-12-. The van der Waals surface area contributed by atoms with Gasteiger partial charge in [-0.1, -0.05) is 30.3 Å². The molecule has 2 aromatic heterocycles. The summed E-state index contributed by atoms with van der Waals surface area (Å²) in [5, 5.41) is 14.7. The predicted octanol–water partition coefficient (Wildman–Crippen LogP) is 1.67. The number of nitrogens with one attached hydrogen (secondary N) is 1. The minimum Gasteiger partial charge on any atom is -0.465 e. The van der Waals surface area contributed by atoms with Gasteiger partial charge in [0.05, 0.1) is 12.8 Å². The zero-order chi connectivity index (χ0) is 20.2. The van der Waals surface area contributed by atoms with Crippen LogP contribution in [0, 0.1) is 0 Å². The SMILES string of the molecule is CN(CC(=O)NC1CC1)C(=O)/C(=C/c1ccco1)n1nnnc1-c1ccccc1. The average Bonchev–Trinajstić information content (AvgIpc) is 3.20. The summed E-state index contributed by atoms with van der Waals surface area (Å²) in [5.41, 5.74) is 0.926. The normalized spacial score (nSPS) is 13.9. The van der Waals surface area contributed by atoms with Crippen LogP contribution in [0.1, 0.15) is 18.6 Å². The maximum absolute atomic E-state index is 13.2. The van der Waals surface area contributed by atoms with Gasteiger partial charge in [0.2, 0.25) is 5.91 Å². The fraction of sp³-hybridized carbons (Fsp3) is 0.250. The number of benzene rings is 1. The van der Waals surface area contributed by atoms with Crippen LogP contribution in [-0.4, -0.2) is 56.6 Å². The summed E-state index contributed by atoms with van der Waals surface area (Å²) in [4.78, 5) is 26.7. The first-order chi connectivity index (χ1) is 14.1. The number of rotatable bonds is 7. The molecule has 1 N–H and O–H groups in total. The quantitative estimate of drug-likeness (QED) is 0.613. The third-order valence-electron chi connectivity index (χ3n) is 4.44. The van der Waals surface area contributed by atoms with E-state index in [-0.39, 0.29) is 24.2 Å². The number of amides is 2. The highest BCUT2D eigenvalue weighted by Gasteiger charge is 2.27. The van der Waals surface area contributed by atoms with Crippen molar-refractivity contribution in [3.05, 3.63) is 54.5 Å². The Morgan fingerprint density at radius 3 is 2.72 bits per heavy atom. The molecule has 4 rings (SSSR count). The Labute approximate surface area is 167 Å². The van der Waals surface area contributed by atoms with E-state index >= 15 is 0 Å². The van der Waals surface area contributed by atoms with Gasteiger partial charge in [-0.2, -0.15) is 4.68 Å². The van der Waals surface area contributed by atoms with Gasteiger partial charge in [0.25, 0.3) is 5.91 Å². The van der Waals surface area contributed by atoms with E-state index in [1.54, 1.807) is 25.3 Å². The number of nitrogens with zero attached hydrogens (tertiary/aromatic N) is 5. The molecule has 1 aromatic carbocycles. The van der Waals surface area contributed by atoms with Crippen molar-refractivity contribution >= 4 is 23.6 Å². The number of tetrazole rings is 1. The third kappa shape index (κ3) is 4.40. The van der Waals surface area contributed by atoms with Crippen LogP contribution in [0.5, 0.6) is 0 Å². The van der Waals surface area contributed by atoms with Crippen molar-refractivity contribution in [2.45, 2.75) is 18.9 Å². The molecule has 2 heterocycles. The van der Waals surface area contributed by atoms with Gasteiger partial charge in [-0.05, 0) is 35.4 Å². The van der Waals surface area contributed by atoms with Crippen molar-refractivity contribution < 1.29 is 14.0 Å². The van der Waals surface area contributed by atoms with Gasteiger partial charge < -0.3 is 14.6 Å². The molecule has 1 saturated carbocycles. The molecule has 0 unspecified atom stereocenters. The second-order valence-corrected chi connectivity index (χ2v) is 6.83. The summed E-state index contributed by atoms with van der Waals surface area (Å²) >= 11 is 0. The molecule has 2 amide bonds. The number of aromatic nitrogens is 4. The van der Waals surface area contributed by atoms with Gasteiger partial charge in [0.1, 0.15) is 11.5 Å². The van der Waals surface area contributed by atoms with E-state index in [4.69, 9.17) is 4.42 Å². The molecule has 3 aromatic rings. The number of likely N-dealkylation sites (N-methyl/N-ethyl adjacent to an activating group) is 1. The molecular formula is C20H20N6O3. The Balaban J connectivity index is 1.65. The van der Waals surface area contributed by atoms with E-state index in [9.17, 15) is 9.59 Å². The second-order valence-electron chi connectivity index (χ2n) is 6.83. The Bertz CT molecular complexity index is 1020. The van der Waals surface area contributed by atoms with Crippen molar-refractivity contribution in [3.63, 3.8) is 0 Å². The summed E-state index contributed by atoms with van der Waals surface area (Å²) in [6.45, 7) is -0.0619. The molecule has 29 heavy (non-hydrogen) atoms. The first-order valence-corrected chi connectivity index (χ1v) is 9.26. The van der Waals surface area contributed by atoms with Gasteiger partial charge in [-0.15, -0.1) is 5.10 Å². The number of hydrogen-bond acceptors (Lipinski definition) is 6. The average molecular weight is 392 g/mol. The Kier molecular flexibility index (Phi) is 5.19. The van der Waals surface area contributed by atoms with Crippen LogP contribution in [0.2, 0.25) is 0 Å². The first kappa shape index (κ1) is 18.6. The molecule has 9 nitrogen and oxygen atoms in total. The molecule has 1 aliphatic carbocycles. The summed E-state index contributed by atoms with van der Waals surface area (Å²) in [7, 11) is 1.57. The fourth-order valence-corrected chi connectivity index (χ4v) is 2.82. The monoisotopic (exact) mass is 392 g/mol. The van der Waals surface area contributed by atoms with Crippen LogP contribution in [0.3, 0.4) is 0 Å². The fourth-order valence-electron chi connectivity index (χ4n) is 2.82. The van der Waals surface area contributed by atoms with Crippen LogP contribution in [0.4, 0.5) is 0 Å². The van der Waals surface area contributed by atoms with Crippen LogP contribution in [-0.2, 0) is 9.59 Å². The molecule has 148 valence electrons. The molecule has 0 saturated heterocycles. The maximum Gasteiger partial charge on any atom is 0.273 e. The predicted molar refractivity (Wildman–Crippen MR) is 105 cm³/mol. The van der Waals surface area contributed by atoms with Gasteiger partial charge in [-0.3, -0.25) is 9.59 Å². The second kappa shape index (κ2) is 8.09. The van der Waals surface area contributed by atoms with Crippen LogP contribution in [0.25, 0.3) is 23.2 Å².